The van der Waals surface area contributed by atoms with Gasteiger partial charge in [-0.1, -0.05) is 19.8 Å². The summed E-state index contributed by atoms with van der Waals surface area (Å²) in [6.45, 7) is 10.6. The SMILES string of the molecule is CCn1nc(C)c(CNC(=O)NCC2(C)CCCC2)c1C. The molecule has 0 atom stereocenters. The van der Waals surface area contributed by atoms with Crippen molar-refractivity contribution in [2.24, 2.45) is 5.41 Å². The molecule has 0 bridgehead atoms. The van der Waals surface area contributed by atoms with Crippen LogP contribution in [0, 0.1) is 19.3 Å². The van der Waals surface area contributed by atoms with E-state index in [-0.39, 0.29) is 11.4 Å². The summed E-state index contributed by atoms with van der Waals surface area (Å²) < 4.78 is 1.98. The van der Waals surface area contributed by atoms with E-state index in [2.05, 4.69) is 36.5 Å². The van der Waals surface area contributed by atoms with Crippen LogP contribution in [0.3, 0.4) is 0 Å². The predicted molar refractivity (Wildman–Crippen MR) is 84.2 cm³/mol. The summed E-state index contributed by atoms with van der Waals surface area (Å²) in [6.07, 6.45) is 5.01. The minimum Gasteiger partial charge on any atom is -0.338 e. The van der Waals surface area contributed by atoms with E-state index in [4.69, 9.17) is 0 Å². The van der Waals surface area contributed by atoms with Crippen LogP contribution in [0.25, 0.3) is 0 Å². The van der Waals surface area contributed by atoms with Crippen LogP contribution in [-0.4, -0.2) is 22.4 Å². The van der Waals surface area contributed by atoms with E-state index in [0.29, 0.717) is 6.54 Å². The van der Waals surface area contributed by atoms with Crippen molar-refractivity contribution in [2.45, 2.75) is 66.5 Å². The summed E-state index contributed by atoms with van der Waals surface area (Å²) in [5.41, 5.74) is 3.55. The molecule has 1 aliphatic carbocycles. The van der Waals surface area contributed by atoms with E-state index >= 15 is 0 Å². The maximum absolute atomic E-state index is 12.0. The highest BCUT2D eigenvalue weighted by Crippen LogP contribution is 2.36. The largest absolute Gasteiger partial charge is 0.338 e. The van der Waals surface area contributed by atoms with E-state index in [9.17, 15) is 4.79 Å². The van der Waals surface area contributed by atoms with Crippen LogP contribution in [0.1, 0.15) is 56.5 Å². The molecule has 0 radical (unpaired) electrons. The zero-order valence-corrected chi connectivity index (χ0v) is 13.8. The molecule has 1 saturated carbocycles. The number of hydrogen-bond donors (Lipinski definition) is 2. The molecular weight excluding hydrogens is 264 g/mol. The first-order chi connectivity index (χ1) is 9.95. The van der Waals surface area contributed by atoms with Gasteiger partial charge in [-0.15, -0.1) is 0 Å². The van der Waals surface area contributed by atoms with Gasteiger partial charge in [0.1, 0.15) is 0 Å². The lowest BCUT2D eigenvalue weighted by atomic mass is 9.89. The average molecular weight is 292 g/mol. The smallest absolute Gasteiger partial charge is 0.315 e. The second-order valence-electron chi connectivity index (χ2n) is 6.52. The molecule has 0 aliphatic heterocycles. The van der Waals surface area contributed by atoms with Crippen LogP contribution in [0.5, 0.6) is 0 Å². The highest BCUT2D eigenvalue weighted by Gasteiger charge is 2.28. The third-order valence-corrected chi connectivity index (χ3v) is 4.74. The fourth-order valence-corrected chi connectivity index (χ4v) is 3.23. The minimum atomic E-state index is -0.0776. The molecule has 0 spiro atoms. The number of nitrogens with zero attached hydrogens (tertiary/aromatic N) is 2. The normalized spacial score (nSPS) is 17.0. The molecule has 1 aromatic heterocycles. The molecule has 0 saturated heterocycles. The van der Waals surface area contributed by atoms with Gasteiger partial charge in [-0.05, 0) is 39.0 Å². The molecule has 5 nitrogen and oxygen atoms in total. The Hall–Kier alpha value is -1.52. The van der Waals surface area contributed by atoms with Crippen molar-refractivity contribution in [1.82, 2.24) is 20.4 Å². The summed E-state index contributed by atoms with van der Waals surface area (Å²) in [6, 6.07) is -0.0776. The molecule has 21 heavy (non-hydrogen) atoms. The number of carbonyl (C=O) groups is 1. The van der Waals surface area contributed by atoms with Gasteiger partial charge in [0.15, 0.2) is 0 Å². The lowest BCUT2D eigenvalue weighted by Gasteiger charge is -2.23. The topological polar surface area (TPSA) is 59.0 Å². The number of aryl methyl sites for hydroxylation is 2. The van der Waals surface area contributed by atoms with Crippen LogP contribution >= 0.6 is 0 Å². The quantitative estimate of drug-likeness (QED) is 0.876. The highest BCUT2D eigenvalue weighted by atomic mass is 16.2. The van der Waals surface area contributed by atoms with E-state index < -0.39 is 0 Å². The minimum absolute atomic E-state index is 0.0776. The zero-order chi connectivity index (χ0) is 15.5. The number of urea groups is 1. The Morgan fingerprint density at radius 3 is 2.52 bits per heavy atom. The van der Waals surface area contributed by atoms with Crippen molar-refractivity contribution in [1.29, 1.82) is 0 Å². The summed E-state index contributed by atoms with van der Waals surface area (Å²) >= 11 is 0. The maximum Gasteiger partial charge on any atom is 0.315 e. The van der Waals surface area contributed by atoms with Gasteiger partial charge in [-0.25, -0.2) is 4.79 Å². The fraction of sp³-hybridized carbons (Fsp3) is 0.750. The van der Waals surface area contributed by atoms with Gasteiger partial charge in [0.25, 0.3) is 0 Å². The summed E-state index contributed by atoms with van der Waals surface area (Å²) in [4.78, 5) is 12.0. The number of rotatable bonds is 5. The molecule has 1 aromatic rings. The van der Waals surface area contributed by atoms with Gasteiger partial charge in [-0.2, -0.15) is 5.10 Å². The molecule has 2 N–H and O–H groups in total. The van der Waals surface area contributed by atoms with Crippen molar-refractivity contribution in [3.63, 3.8) is 0 Å². The number of amides is 2. The first kappa shape index (κ1) is 15.9. The first-order valence-electron chi connectivity index (χ1n) is 8.00. The molecule has 1 heterocycles. The van der Waals surface area contributed by atoms with Crippen LogP contribution in [-0.2, 0) is 13.1 Å². The molecule has 118 valence electrons. The zero-order valence-electron chi connectivity index (χ0n) is 13.8. The Labute approximate surface area is 127 Å². The number of carbonyl (C=O) groups excluding carboxylic acids is 1. The Balaban J connectivity index is 1.82. The Bertz CT molecular complexity index is 501. The molecule has 1 aliphatic rings. The number of hydrogen-bond acceptors (Lipinski definition) is 2. The van der Waals surface area contributed by atoms with E-state index in [0.717, 1.165) is 30.0 Å². The first-order valence-corrected chi connectivity index (χ1v) is 8.00. The summed E-state index contributed by atoms with van der Waals surface area (Å²) in [7, 11) is 0. The number of aromatic nitrogens is 2. The lowest BCUT2D eigenvalue weighted by Crippen LogP contribution is -2.40. The Kier molecular flexibility index (Phi) is 4.91. The molecule has 5 heteroatoms. The predicted octanol–water partition coefficient (Wildman–Crippen LogP) is 2.90. The van der Waals surface area contributed by atoms with Gasteiger partial charge < -0.3 is 10.6 Å². The van der Waals surface area contributed by atoms with Crippen LogP contribution in [0.4, 0.5) is 4.79 Å². The van der Waals surface area contributed by atoms with Crippen LogP contribution in [0.2, 0.25) is 0 Å². The van der Waals surface area contributed by atoms with Gasteiger partial charge in [0.2, 0.25) is 0 Å². The monoisotopic (exact) mass is 292 g/mol. The van der Waals surface area contributed by atoms with Crippen molar-refractivity contribution in [3.8, 4) is 0 Å². The summed E-state index contributed by atoms with van der Waals surface area (Å²) in [5, 5.41) is 10.4. The van der Waals surface area contributed by atoms with Gasteiger partial charge in [-0.3, -0.25) is 4.68 Å². The Morgan fingerprint density at radius 1 is 1.29 bits per heavy atom. The molecule has 0 unspecified atom stereocenters. The maximum atomic E-state index is 12.0. The Morgan fingerprint density at radius 2 is 1.95 bits per heavy atom. The van der Waals surface area contributed by atoms with Crippen LogP contribution in [0.15, 0.2) is 0 Å². The van der Waals surface area contributed by atoms with Crippen molar-refractivity contribution in [2.75, 3.05) is 6.54 Å². The van der Waals surface area contributed by atoms with Crippen LogP contribution < -0.4 is 10.6 Å². The molecule has 1 fully saturated rings. The van der Waals surface area contributed by atoms with E-state index in [1.54, 1.807) is 0 Å². The molecule has 2 rings (SSSR count). The molecular formula is C16H28N4O. The second-order valence-corrected chi connectivity index (χ2v) is 6.52. The molecule has 2 amide bonds. The van der Waals surface area contributed by atoms with Crippen molar-refractivity contribution in [3.05, 3.63) is 17.0 Å². The van der Waals surface area contributed by atoms with E-state index in [1.165, 1.54) is 25.7 Å². The average Bonchev–Trinajstić information content (AvgIpc) is 3.00. The van der Waals surface area contributed by atoms with Crippen molar-refractivity contribution >= 4 is 6.03 Å². The third-order valence-electron chi connectivity index (χ3n) is 4.74. The second kappa shape index (κ2) is 6.50. The van der Waals surface area contributed by atoms with Gasteiger partial charge in [0, 0.05) is 30.9 Å². The standard InChI is InChI=1S/C16H28N4O/c1-5-20-13(3)14(12(2)19-20)10-17-15(21)18-11-16(4)8-6-7-9-16/h5-11H2,1-4H3,(H2,17,18,21). The van der Waals surface area contributed by atoms with Crippen molar-refractivity contribution < 1.29 is 4.79 Å². The highest BCUT2D eigenvalue weighted by molar-refractivity contribution is 5.73. The summed E-state index contributed by atoms with van der Waals surface area (Å²) in [5.74, 6) is 0. The fourth-order valence-electron chi connectivity index (χ4n) is 3.23. The van der Waals surface area contributed by atoms with Gasteiger partial charge >= 0.3 is 6.03 Å². The lowest BCUT2D eigenvalue weighted by molar-refractivity contribution is 0.231. The third kappa shape index (κ3) is 3.77. The van der Waals surface area contributed by atoms with E-state index in [1.807, 2.05) is 11.6 Å². The van der Waals surface area contributed by atoms with Gasteiger partial charge in [0.05, 0.1) is 5.69 Å². The number of nitrogens with one attached hydrogen (secondary N) is 2. The molecule has 0 aromatic carbocycles.